The summed E-state index contributed by atoms with van der Waals surface area (Å²) in [7, 11) is 5.94. The lowest BCUT2D eigenvalue weighted by Crippen LogP contribution is -2.40. The molecule has 112 valence electrons. The summed E-state index contributed by atoms with van der Waals surface area (Å²) in [5.74, 6) is -0.167. The van der Waals surface area contributed by atoms with Crippen LogP contribution in [0.1, 0.15) is 26.2 Å². The highest BCUT2D eigenvalue weighted by atomic mass is 32.1. The quantitative estimate of drug-likeness (QED) is 0.389. The first-order valence-corrected chi connectivity index (χ1v) is 7.19. The van der Waals surface area contributed by atoms with E-state index in [4.69, 9.17) is 17.0 Å². The van der Waals surface area contributed by atoms with Gasteiger partial charge in [0.25, 0.3) is 0 Å². The van der Waals surface area contributed by atoms with E-state index in [1.54, 1.807) is 7.05 Å². The molecule has 0 aromatic rings. The molecular weight excluding hydrogens is 262 g/mol. The van der Waals surface area contributed by atoms with Crippen LogP contribution >= 0.6 is 12.2 Å². The third-order valence-corrected chi connectivity index (χ3v) is 3.14. The van der Waals surface area contributed by atoms with E-state index in [0.717, 1.165) is 25.9 Å². The number of hydrogen-bond acceptors (Lipinski definition) is 4. The normalized spacial score (nSPS) is 10.4. The molecule has 0 aliphatic rings. The highest BCUT2D eigenvalue weighted by molar-refractivity contribution is 7.80. The van der Waals surface area contributed by atoms with Gasteiger partial charge in [0.15, 0.2) is 5.11 Å². The fourth-order valence-corrected chi connectivity index (χ4v) is 1.85. The van der Waals surface area contributed by atoms with Crippen LogP contribution in [-0.2, 0) is 9.53 Å². The average molecular weight is 289 g/mol. The number of hydrogen-bond donors (Lipinski definition) is 1. The molecule has 0 saturated heterocycles. The Labute approximate surface area is 122 Å². The topological polar surface area (TPSA) is 44.8 Å². The van der Waals surface area contributed by atoms with E-state index >= 15 is 0 Å². The summed E-state index contributed by atoms with van der Waals surface area (Å²) < 4.78 is 4.93. The standard InChI is InChI=1S/C13H27N3O2S/c1-5-18-12(17)8-11-16(13(19)14-2)10-7-6-9-15(3)4/h5-11H2,1-4H3,(H,14,19). The van der Waals surface area contributed by atoms with Crippen molar-refractivity contribution in [3.8, 4) is 0 Å². The largest absolute Gasteiger partial charge is 0.466 e. The Morgan fingerprint density at radius 1 is 1.21 bits per heavy atom. The van der Waals surface area contributed by atoms with Crippen LogP contribution in [-0.4, -0.2) is 68.3 Å². The van der Waals surface area contributed by atoms with E-state index in [1.165, 1.54) is 0 Å². The molecular formula is C13H27N3O2S. The van der Waals surface area contributed by atoms with Gasteiger partial charge in [0.2, 0.25) is 0 Å². The highest BCUT2D eigenvalue weighted by Crippen LogP contribution is 2.00. The molecule has 0 bridgehead atoms. The second kappa shape index (κ2) is 11.0. The van der Waals surface area contributed by atoms with Gasteiger partial charge in [0.05, 0.1) is 13.0 Å². The SMILES string of the molecule is CCOC(=O)CCN(CCCCN(C)C)C(=S)NC. The molecule has 0 spiro atoms. The monoisotopic (exact) mass is 289 g/mol. The minimum atomic E-state index is -0.167. The van der Waals surface area contributed by atoms with Crippen LogP contribution < -0.4 is 5.32 Å². The molecule has 0 aliphatic carbocycles. The molecule has 0 aliphatic heterocycles. The Bertz CT molecular complexity index is 273. The van der Waals surface area contributed by atoms with Crippen LogP contribution in [0.4, 0.5) is 0 Å². The van der Waals surface area contributed by atoms with Gasteiger partial charge in [-0.25, -0.2) is 0 Å². The zero-order chi connectivity index (χ0) is 14.7. The van der Waals surface area contributed by atoms with E-state index in [1.807, 2.05) is 11.8 Å². The zero-order valence-electron chi connectivity index (χ0n) is 12.6. The molecule has 19 heavy (non-hydrogen) atoms. The van der Waals surface area contributed by atoms with Gasteiger partial charge in [-0.05, 0) is 52.6 Å². The van der Waals surface area contributed by atoms with Gasteiger partial charge < -0.3 is 19.9 Å². The summed E-state index contributed by atoms with van der Waals surface area (Å²) in [5.41, 5.74) is 0. The number of rotatable bonds is 9. The van der Waals surface area contributed by atoms with Crippen LogP contribution in [0.3, 0.4) is 0 Å². The van der Waals surface area contributed by atoms with Gasteiger partial charge in [-0.15, -0.1) is 0 Å². The third-order valence-electron chi connectivity index (χ3n) is 2.68. The van der Waals surface area contributed by atoms with E-state index < -0.39 is 0 Å². The van der Waals surface area contributed by atoms with E-state index in [2.05, 4.69) is 24.3 Å². The van der Waals surface area contributed by atoms with Gasteiger partial charge >= 0.3 is 5.97 Å². The summed E-state index contributed by atoms with van der Waals surface area (Å²) in [4.78, 5) is 15.6. The molecule has 0 aromatic heterocycles. The van der Waals surface area contributed by atoms with Crippen LogP contribution in [0.25, 0.3) is 0 Å². The number of ether oxygens (including phenoxy) is 1. The Balaban J connectivity index is 4.02. The van der Waals surface area contributed by atoms with Crippen molar-refractivity contribution in [3.05, 3.63) is 0 Å². The number of unbranched alkanes of at least 4 members (excludes halogenated alkanes) is 1. The van der Waals surface area contributed by atoms with Crippen molar-refractivity contribution in [2.45, 2.75) is 26.2 Å². The van der Waals surface area contributed by atoms with Crippen molar-refractivity contribution < 1.29 is 9.53 Å². The molecule has 6 heteroatoms. The first-order valence-electron chi connectivity index (χ1n) is 6.78. The third kappa shape index (κ3) is 9.67. The van der Waals surface area contributed by atoms with Crippen molar-refractivity contribution in [2.24, 2.45) is 0 Å². The minimum absolute atomic E-state index is 0.167. The molecule has 0 heterocycles. The molecule has 0 radical (unpaired) electrons. The predicted octanol–water partition coefficient (Wildman–Crippen LogP) is 1.09. The molecule has 0 unspecified atom stereocenters. The number of carbonyl (C=O) groups excluding carboxylic acids is 1. The summed E-state index contributed by atoms with van der Waals surface area (Å²) in [6, 6.07) is 0. The molecule has 0 aromatic carbocycles. The average Bonchev–Trinajstić information content (AvgIpc) is 2.37. The summed E-state index contributed by atoms with van der Waals surface area (Å²) >= 11 is 5.25. The fourth-order valence-electron chi connectivity index (χ4n) is 1.66. The van der Waals surface area contributed by atoms with Crippen LogP contribution in [0.5, 0.6) is 0 Å². The van der Waals surface area contributed by atoms with E-state index in [0.29, 0.717) is 24.7 Å². The second-order valence-electron chi connectivity index (χ2n) is 4.61. The van der Waals surface area contributed by atoms with Gasteiger partial charge in [0, 0.05) is 20.1 Å². The highest BCUT2D eigenvalue weighted by Gasteiger charge is 2.11. The summed E-state index contributed by atoms with van der Waals surface area (Å²) in [5, 5.41) is 3.65. The van der Waals surface area contributed by atoms with Gasteiger partial charge in [-0.1, -0.05) is 0 Å². The minimum Gasteiger partial charge on any atom is -0.466 e. The number of carbonyl (C=O) groups is 1. The van der Waals surface area contributed by atoms with E-state index in [-0.39, 0.29) is 5.97 Å². The number of esters is 1. The summed E-state index contributed by atoms with van der Waals surface area (Å²) in [6.45, 7) is 4.79. The molecule has 1 N–H and O–H groups in total. The lowest BCUT2D eigenvalue weighted by molar-refractivity contribution is -0.143. The predicted molar refractivity (Wildman–Crippen MR) is 82.3 cm³/mol. The number of nitrogens with one attached hydrogen (secondary N) is 1. The van der Waals surface area contributed by atoms with Crippen molar-refractivity contribution in [2.75, 3.05) is 47.4 Å². The Morgan fingerprint density at radius 3 is 2.37 bits per heavy atom. The maximum Gasteiger partial charge on any atom is 0.307 e. The number of nitrogens with zero attached hydrogens (tertiary/aromatic N) is 2. The molecule has 0 amide bonds. The fraction of sp³-hybridized carbons (Fsp3) is 0.846. The van der Waals surface area contributed by atoms with Crippen LogP contribution in [0.2, 0.25) is 0 Å². The van der Waals surface area contributed by atoms with Crippen molar-refractivity contribution in [1.82, 2.24) is 15.1 Å². The van der Waals surface area contributed by atoms with Crippen molar-refractivity contribution >= 4 is 23.3 Å². The zero-order valence-corrected chi connectivity index (χ0v) is 13.4. The Morgan fingerprint density at radius 2 is 1.84 bits per heavy atom. The number of thiocarbonyl (C=S) groups is 1. The van der Waals surface area contributed by atoms with Crippen molar-refractivity contribution in [1.29, 1.82) is 0 Å². The maximum atomic E-state index is 11.4. The molecule has 0 saturated carbocycles. The second-order valence-corrected chi connectivity index (χ2v) is 4.99. The maximum absolute atomic E-state index is 11.4. The Kier molecular flexibility index (Phi) is 10.5. The summed E-state index contributed by atoms with van der Waals surface area (Å²) in [6.07, 6.45) is 2.56. The van der Waals surface area contributed by atoms with E-state index in [9.17, 15) is 4.79 Å². The van der Waals surface area contributed by atoms with Crippen molar-refractivity contribution in [3.63, 3.8) is 0 Å². The molecule has 0 atom stereocenters. The first kappa shape index (κ1) is 18.1. The lowest BCUT2D eigenvalue weighted by atomic mass is 10.2. The van der Waals surface area contributed by atoms with Gasteiger partial charge in [0.1, 0.15) is 0 Å². The smallest absolute Gasteiger partial charge is 0.307 e. The molecule has 5 nitrogen and oxygen atoms in total. The first-order chi connectivity index (χ1) is 9.01. The van der Waals surface area contributed by atoms with Gasteiger partial charge in [-0.3, -0.25) is 4.79 Å². The van der Waals surface area contributed by atoms with Gasteiger partial charge in [-0.2, -0.15) is 0 Å². The van der Waals surface area contributed by atoms with Crippen LogP contribution in [0.15, 0.2) is 0 Å². The lowest BCUT2D eigenvalue weighted by Gasteiger charge is -2.24. The Hall–Kier alpha value is -0.880. The molecule has 0 rings (SSSR count). The van der Waals surface area contributed by atoms with Crippen LogP contribution in [0, 0.1) is 0 Å². The molecule has 0 fully saturated rings.